The highest BCUT2D eigenvalue weighted by molar-refractivity contribution is 6.09. The molecule has 4 nitrogen and oxygen atoms in total. The predicted molar refractivity (Wildman–Crippen MR) is 196 cm³/mol. The van der Waals surface area contributed by atoms with Crippen molar-refractivity contribution in [3.8, 4) is 11.4 Å². The zero-order valence-electron chi connectivity index (χ0n) is 26.1. The van der Waals surface area contributed by atoms with E-state index in [4.69, 9.17) is 0 Å². The fraction of sp³-hybridized carbons (Fsp3) is 0.0952. The first kappa shape index (κ1) is 27.8. The van der Waals surface area contributed by atoms with Crippen LogP contribution in [0.1, 0.15) is 36.1 Å². The van der Waals surface area contributed by atoms with E-state index in [1.165, 1.54) is 54.7 Å². The van der Waals surface area contributed by atoms with Crippen LogP contribution in [0, 0.1) is 0 Å². The van der Waals surface area contributed by atoms with Gasteiger partial charge in [-0.3, -0.25) is 9.97 Å². The Labute approximate surface area is 268 Å². The molecule has 0 spiro atoms. The molecule has 8 aromatic rings. The number of hydrogen-bond acceptors (Lipinski definition) is 2. The largest absolute Gasteiger partial charge is 0.341 e. The lowest BCUT2D eigenvalue weighted by Crippen LogP contribution is -1.92. The molecule has 0 radical (unpaired) electrons. The molecule has 0 saturated heterocycles. The van der Waals surface area contributed by atoms with Crippen molar-refractivity contribution in [2.45, 2.75) is 26.9 Å². The van der Waals surface area contributed by atoms with Crippen LogP contribution in [-0.2, 0) is 13.1 Å². The van der Waals surface area contributed by atoms with Crippen molar-refractivity contribution in [1.82, 2.24) is 19.1 Å². The van der Waals surface area contributed by atoms with Crippen molar-refractivity contribution in [2.75, 3.05) is 0 Å². The normalized spacial score (nSPS) is 12.1. The molecule has 0 N–H and O–H groups in total. The Kier molecular flexibility index (Phi) is 7.03. The summed E-state index contributed by atoms with van der Waals surface area (Å²) in [7, 11) is 0. The average molecular weight is 595 g/mol. The van der Waals surface area contributed by atoms with Gasteiger partial charge >= 0.3 is 0 Å². The molecule has 46 heavy (non-hydrogen) atoms. The predicted octanol–water partition coefficient (Wildman–Crippen LogP) is 10.7. The maximum atomic E-state index is 4.66. The van der Waals surface area contributed by atoms with Crippen LogP contribution in [0.2, 0.25) is 0 Å². The van der Waals surface area contributed by atoms with E-state index in [0.717, 1.165) is 35.6 Å². The topological polar surface area (TPSA) is 35.6 Å². The van der Waals surface area contributed by atoms with Gasteiger partial charge in [-0.1, -0.05) is 72.8 Å². The van der Waals surface area contributed by atoms with Gasteiger partial charge in [0, 0.05) is 69.1 Å². The third-order valence-corrected chi connectivity index (χ3v) is 8.99. The molecule has 0 amide bonds. The third kappa shape index (κ3) is 4.89. The Balaban J connectivity index is 1.05. The van der Waals surface area contributed by atoms with Gasteiger partial charge in [0.05, 0.1) is 11.4 Å². The number of para-hydroxylation sites is 2. The quantitative estimate of drug-likeness (QED) is 0.184. The minimum absolute atomic E-state index is 0.854. The first-order valence-corrected chi connectivity index (χ1v) is 16.0. The Morgan fingerprint density at radius 3 is 1.26 bits per heavy atom. The molecule has 4 heteroatoms. The Morgan fingerprint density at radius 1 is 0.435 bits per heavy atom. The van der Waals surface area contributed by atoms with Gasteiger partial charge in [-0.05, 0) is 96.8 Å². The van der Waals surface area contributed by atoms with Gasteiger partial charge in [0.15, 0.2) is 0 Å². The van der Waals surface area contributed by atoms with Crippen molar-refractivity contribution in [1.29, 1.82) is 0 Å². The number of benzene rings is 4. The molecule has 0 aliphatic carbocycles. The van der Waals surface area contributed by atoms with Crippen LogP contribution in [0.25, 0.3) is 79.3 Å². The highest BCUT2D eigenvalue weighted by Crippen LogP contribution is 2.32. The van der Waals surface area contributed by atoms with E-state index < -0.39 is 0 Å². The molecule has 4 aromatic heterocycles. The summed E-state index contributed by atoms with van der Waals surface area (Å²) < 4.78 is 4.77. The van der Waals surface area contributed by atoms with Gasteiger partial charge in [-0.25, -0.2) is 0 Å². The highest BCUT2D eigenvalue weighted by Gasteiger charge is 2.10. The zero-order valence-corrected chi connectivity index (χ0v) is 26.1. The van der Waals surface area contributed by atoms with Crippen LogP contribution < -0.4 is 0 Å². The molecule has 0 atom stereocenters. The van der Waals surface area contributed by atoms with Gasteiger partial charge in [-0.15, -0.1) is 0 Å². The SMILES string of the molecule is CCn1c2ccccc2c2cc(C=Cc3ccnc(-c4cc(C=Cc5ccc6c(c5)c5ccccc5n6CC)ccn4)c3)ccc21. The average Bonchev–Trinajstić information content (AvgIpc) is 3.61. The number of hydrogen-bond donors (Lipinski definition) is 0. The number of pyridine rings is 2. The first-order valence-electron chi connectivity index (χ1n) is 16.0. The molecule has 4 heterocycles. The fourth-order valence-electron chi connectivity index (χ4n) is 6.80. The monoisotopic (exact) mass is 594 g/mol. The van der Waals surface area contributed by atoms with Crippen LogP contribution in [0.3, 0.4) is 0 Å². The van der Waals surface area contributed by atoms with E-state index in [-0.39, 0.29) is 0 Å². The van der Waals surface area contributed by atoms with Gasteiger partial charge in [0.25, 0.3) is 0 Å². The standard InChI is InChI=1S/C42H34N4/c1-3-45-39-11-7-5-9-33(39)35-25-29(17-19-41(35)45)13-15-31-21-23-43-37(27-31)38-28-32(22-24-44-38)16-14-30-18-20-42-36(26-30)34-10-6-8-12-40(34)46(42)4-2/h5-28H,3-4H2,1-2H3. The summed E-state index contributed by atoms with van der Waals surface area (Å²) in [6.45, 7) is 6.31. The second kappa shape index (κ2) is 11.6. The van der Waals surface area contributed by atoms with Gasteiger partial charge in [0.2, 0.25) is 0 Å². The molecule has 0 aliphatic heterocycles. The van der Waals surface area contributed by atoms with E-state index in [1.807, 2.05) is 24.5 Å². The molecule has 0 unspecified atom stereocenters. The number of aromatic nitrogens is 4. The lowest BCUT2D eigenvalue weighted by atomic mass is 10.1. The molecule has 8 rings (SSSR count). The van der Waals surface area contributed by atoms with Crippen molar-refractivity contribution in [3.63, 3.8) is 0 Å². The minimum Gasteiger partial charge on any atom is -0.341 e. The maximum absolute atomic E-state index is 4.66. The van der Waals surface area contributed by atoms with Crippen LogP contribution in [-0.4, -0.2) is 19.1 Å². The first-order chi connectivity index (χ1) is 22.7. The van der Waals surface area contributed by atoms with Gasteiger partial charge < -0.3 is 9.13 Å². The molecule has 4 aromatic carbocycles. The zero-order chi connectivity index (χ0) is 31.0. The number of aryl methyl sites for hydroxylation is 2. The van der Waals surface area contributed by atoms with Crippen LogP contribution >= 0.6 is 0 Å². The van der Waals surface area contributed by atoms with E-state index in [1.54, 1.807) is 0 Å². The summed E-state index contributed by atoms with van der Waals surface area (Å²) in [4.78, 5) is 9.32. The molecule has 222 valence electrons. The fourth-order valence-corrected chi connectivity index (χ4v) is 6.80. The molecule has 0 fully saturated rings. The molecular weight excluding hydrogens is 560 g/mol. The van der Waals surface area contributed by atoms with Crippen molar-refractivity contribution in [3.05, 3.63) is 144 Å². The number of rotatable bonds is 7. The van der Waals surface area contributed by atoms with E-state index >= 15 is 0 Å². The second-order valence-electron chi connectivity index (χ2n) is 11.7. The van der Waals surface area contributed by atoms with Crippen molar-refractivity contribution >= 4 is 67.9 Å². The maximum Gasteiger partial charge on any atom is 0.0892 e. The van der Waals surface area contributed by atoms with Gasteiger partial charge in [-0.2, -0.15) is 0 Å². The van der Waals surface area contributed by atoms with Gasteiger partial charge in [0.1, 0.15) is 0 Å². The van der Waals surface area contributed by atoms with E-state index in [0.29, 0.717) is 0 Å². The second-order valence-corrected chi connectivity index (χ2v) is 11.7. The van der Waals surface area contributed by atoms with Crippen LogP contribution in [0.4, 0.5) is 0 Å². The minimum atomic E-state index is 0.854. The van der Waals surface area contributed by atoms with E-state index in [9.17, 15) is 0 Å². The van der Waals surface area contributed by atoms with Crippen LogP contribution in [0.5, 0.6) is 0 Å². The smallest absolute Gasteiger partial charge is 0.0892 e. The van der Waals surface area contributed by atoms with Crippen molar-refractivity contribution < 1.29 is 0 Å². The lowest BCUT2D eigenvalue weighted by Gasteiger charge is -2.04. The van der Waals surface area contributed by atoms with E-state index in [2.05, 4.69) is 154 Å². The summed E-state index contributed by atoms with van der Waals surface area (Å²) in [6.07, 6.45) is 12.4. The third-order valence-electron chi connectivity index (χ3n) is 8.99. The number of nitrogens with zero attached hydrogens (tertiary/aromatic N) is 4. The lowest BCUT2D eigenvalue weighted by molar-refractivity contribution is 0.827. The van der Waals surface area contributed by atoms with Crippen molar-refractivity contribution in [2.24, 2.45) is 0 Å². The summed E-state index contributed by atoms with van der Waals surface area (Å²) >= 11 is 0. The summed E-state index contributed by atoms with van der Waals surface area (Å²) in [6, 6.07) is 39.0. The Morgan fingerprint density at radius 2 is 0.826 bits per heavy atom. The summed E-state index contributed by atoms with van der Waals surface area (Å²) in [5.41, 5.74) is 11.3. The molecular formula is C42H34N4. The molecule has 0 aliphatic rings. The summed E-state index contributed by atoms with van der Waals surface area (Å²) in [5.74, 6) is 0. The number of fused-ring (bicyclic) bond motifs is 6. The Bertz CT molecular complexity index is 2280. The highest BCUT2D eigenvalue weighted by atomic mass is 15.0. The Hall–Kier alpha value is -5.74. The molecule has 0 saturated carbocycles. The summed E-state index contributed by atoms with van der Waals surface area (Å²) in [5, 5.41) is 5.17. The van der Waals surface area contributed by atoms with Crippen LogP contribution in [0.15, 0.2) is 122 Å². The molecule has 0 bridgehead atoms.